The minimum Gasteiger partial charge on any atom is -0.371 e. The molecule has 5 nitrogen and oxygen atoms in total. The average molecular weight is 350 g/mol. The topological polar surface area (TPSA) is 49.3 Å². The smallest absolute Gasteiger partial charge is 0.222 e. The van der Waals surface area contributed by atoms with Crippen LogP contribution in [0, 0.1) is 12.3 Å². The van der Waals surface area contributed by atoms with Gasteiger partial charge in [-0.1, -0.05) is 6.07 Å². The molecule has 136 valence electrons. The Morgan fingerprint density at radius 2 is 2.04 bits per heavy atom. The fourth-order valence-electron chi connectivity index (χ4n) is 4.42. The molecule has 2 aromatic rings. The van der Waals surface area contributed by atoms with Crippen LogP contribution in [0.3, 0.4) is 0 Å². The predicted octanol–water partition coefficient (Wildman–Crippen LogP) is 3.19. The van der Waals surface area contributed by atoms with Gasteiger partial charge in [-0.2, -0.15) is 0 Å². The molecule has 0 bridgehead atoms. The molecule has 2 saturated heterocycles. The number of pyridine rings is 2. The number of nitrogens with zero attached hydrogens (tertiary/aromatic N) is 4. The highest BCUT2D eigenvalue weighted by Gasteiger charge is 2.41. The molecule has 1 spiro atoms. The van der Waals surface area contributed by atoms with Crippen LogP contribution in [0.25, 0.3) is 0 Å². The minimum absolute atomic E-state index is 0.193. The number of carbonyl (C=O) groups is 1. The number of amides is 1. The Kier molecular flexibility index (Phi) is 4.62. The zero-order valence-corrected chi connectivity index (χ0v) is 15.4. The molecule has 4 rings (SSSR count). The van der Waals surface area contributed by atoms with Gasteiger partial charge in [0.15, 0.2) is 0 Å². The van der Waals surface area contributed by atoms with Gasteiger partial charge < -0.3 is 9.80 Å². The third-order valence-corrected chi connectivity index (χ3v) is 5.73. The van der Waals surface area contributed by atoms with E-state index in [1.54, 1.807) is 6.20 Å². The molecule has 0 aliphatic carbocycles. The average Bonchev–Trinajstić information content (AvgIpc) is 2.66. The summed E-state index contributed by atoms with van der Waals surface area (Å²) in [6.07, 6.45) is 7.70. The highest BCUT2D eigenvalue weighted by Crippen LogP contribution is 2.40. The first-order valence-electron chi connectivity index (χ1n) is 9.49. The van der Waals surface area contributed by atoms with Crippen molar-refractivity contribution in [3.05, 3.63) is 54.1 Å². The number of hydrogen-bond donors (Lipinski definition) is 0. The summed E-state index contributed by atoms with van der Waals surface area (Å²) in [6.45, 7) is 5.59. The molecule has 0 radical (unpaired) electrons. The molecule has 0 N–H and O–H groups in total. The first kappa shape index (κ1) is 17.0. The number of rotatable bonds is 3. The number of likely N-dealkylation sites (tertiary alicyclic amines) is 1. The van der Waals surface area contributed by atoms with E-state index in [1.807, 2.05) is 36.2 Å². The third-order valence-electron chi connectivity index (χ3n) is 5.73. The van der Waals surface area contributed by atoms with Crippen LogP contribution in [-0.2, 0) is 11.3 Å². The second-order valence-electron chi connectivity index (χ2n) is 7.75. The van der Waals surface area contributed by atoms with Gasteiger partial charge in [-0.25, -0.2) is 0 Å². The van der Waals surface area contributed by atoms with Crippen molar-refractivity contribution < 1.29 is 4.79 Å². The van der Waals surface area contributed by atoms with Crippen LogP contribution in [0.2, 0.25) is 0 Å². The van der Waals surface area contributed by atoms with E-state index < -0.39 is 0 Å². The number of anilines is 1. The Morgan fingerprint density at radius 3 is 2.85 bits per heavy atom. The third kappa shape index (κ3) is 3.57. The van der Waals surface area contributed by atoms with Crippen LogP contribution in [0.5, 0.6) is 0 Å². The van der Waals surface area contributed by atoms with Crippen LogP contribution in [-0.4, -0.2) is 40.4 Å². The number of piperidine rings is 2. The van der Waals surface area contributed by atoms with Crippen molar-refractivity contribution >= 4 is 11.6 Å². The van der Waals surface area contributed by atoms with Crippen LogP contribution < -0.4 is 4.90 Å². The normalized spacial score (nSPS) is 23.5. The van der Waals surface area contributed by atoms with E-state index in [9.17, 15) is 4.79 Å². The predicted molar refractivity (Wildman–Crippen MR) is 102 cm³/mol. The van der Waals surface area contributed by atoms with Gasteiger partial charge in [0, 0.05) is 55.2 Å². The fourth-order valence-corrected chi connectivity index (χ4v) is 4.42. The Hall–Kier alpha value is -2.43. The number of aromatic nitrogens is 2. The van der Waals surface area contributed by atoms with Gasteiger partial charge in [-0.3, -0.25) is 14.8 Å². The molecule has 2 aromatic heterocycles. The first-order chi connectivity index (χ1) is 12.6. The van der Waals surface area contributed by atoms with Gasteiger partial charge >= 0.3 is 0 Å². The summed E-state index contributed by atoms with van der Waals surface area (Å²) in [4.78, 5) is 25.7. The summed E-state index contributed by atoms with van der Waals surface area (Å²) in [5.41, 5.74) is 3.47. The van der Waals surface area contributed by atoms with Crippen molar-refractivity contribution in [2.75, 3.05) is 24.5 Å². The molecule has 26 heavy (non-hydrogen) atoms. The summed E-state index contributed by atoms with van der Waals surface area (Å²) in [5.74, 6) is 0.262. The maximum absolute atomic E-state index is 12.5. The van der Waals surface area contributed by atoms with E-state index in [2.05, 4.69) is 27.0 Å². The van der Waals surface area contributed by atoms with Crippen molar-refractivity contribution in [2.24, 2.45) is 5.41 Å². The summed E-state index contributed by atoms with van der Waals surface area (Å²) >= 11 is 0. The molecule has 2 fully saturated rings. The highest BCUT2D eigenvalue weighted by atomic mass is 16.2. The van der Waals surface area contributed by atoms with Crippen LogP contribution in [0.15, 0.2) is 42.7 Å². The second-order valence-corrected chi connectivity index (χ2v) is 7.75. The molecule has 0 aromatic carbocycles. The van der Waals surface area contributed by atoms with Crippen molar-refractivity contribution in [3.8, 4) is 0 Å². The number of aryl methyl sites for hydroxylation is 1. The highest BCUT2D eigenvalue weighted by molar-refractivity contribution is 5.77. The zero-order valence-electron chi connectivity index (χ0n) is 15.4. The van der Waals surface area contributed by atoms with E-state index in [0.717, 1.165) is 37.4 Å². The molecular formula is C21H26N4O. The molecule has 0 saturated carbocycles. The second kappa shape index (κ2) is 7.06. The number of carbonyl (C=O) groups excluding carboxylic acids is 1. The SMILES string of the molecule is Cc1cc(N2CCC[C@@]3(CCC(=O)N(Cc4ccccn4)C3)C2)ccn1. The fraction of sp³-hybridized carbons (Fsp3) is 0.476. The summed E-state index contributed by atoms with van der Waals surface area (Å²) < 4.78 is 0. The van der Waals surface area contributed by atoms with Crippen LogP contribution in [0.1, 0.15) is 37.1 Å². The Bertz CT molecular complexity index is 779. The molecule has 0 unspecified atom stereocenters. The lowest BCUT2D eigenvalue weighted by Gasteiger charge is -2.49. The van der Waals surface area contributed by atoms with E-state index in [4.69, 9.17) is 0 Å². The quantitative estimate of drug-likeness (QED) is 0.853. The lowest BCUT2D eigenvalue weighted by Crippen LogP contribution is -2.53. The lowest BCUT2D eigenvalue weighted by molar-refractivity contribution is -0.138. The molecule has 2 aliphatic rings. The Balaban J connectivity index is 1.51. The first-order valence-corrected chi connectivity index (χ1v) is 9.49. The molecule has 1 amide bonds. The molecular weight excluding hydrogens is 324 g/mol. The maximum atomic E-state index is 12.5. The minimum atomic E-state index is 0.193. The van der Waals surface area contributed by atoms with Gasteiger partial charge in [0.1, 0.15) is 0 Å². The summed E-state index contributed by atoms with van der Waals surface area (Å²) in [5, 5.41) is 0. The number of hydrogen-bond acceptors (Lipinski definition) is 4. The van der Waals surface area contributed by atoms with Gasteiger partial charge in [-0.05, 0) is 50.5 Å². The molecule has 5 heteroatoms. The van der Waals surface area contributed by atoms with Gasteiger partial charge in [-0.15, -0.1) is 0 Å². The Labute approximate surface area is 155 Å². The van der Waals surface area contributed by atoms with Gasteiger partial charge in [0.05, 0.1) is 12.2 Å². The van der Waals surface area contributed by atoms with Crippen molar-refractivity contribution in [3.63, 3.8) is 0 Å². The largest absolute Gasteiger partial charge is 0.371 e. The van der Waals surface area contributed by atoms with Gasteiger partial charge in [0.2, 0.25) is 5.91 Å². The zero-order chi connectivity index (χ0) is 18.0. The standard InChI is InChI=1S/C21H26N4O/c1-17-13-19(7-11-22-17)24-12-4-8-21(15-24)9-6-20(26)25(16-21)14-18-5-2-3-10-23-18/h2-3,5,7,10-11,13H,4,6,8-9,12,14-16H2,1H3/t21-/m1/s1. The monoisotopic (exact) mass is 350 g/mol. The summed E-state index contributed by atoms with van der Waals surface area (Å²) in [7, 11) is 0. The van der Waals surface area contributed by atoms with Crippen molar-refractivity contribution in [2.45, 2.75) is 39.2 Å². The summed E-state index contributed by atoms with van der Waals surface area (Å²) in [6, 6.07) is 10.2. The Morgan fingerprint density at radius 1 is 1.12 bits per heavy atom. The molecule has 4 heterocycles. The van der Waals surface area contributed by atoms with Crippen LogP contribution >= 0.6 is 0 Å². The maximum Gasteiger partial charge on any atom is 0.222 e. The van der Waals surface area contributed by atoms with E-state index in [0.29, 0.717) is 13.0 Å². The van der Waals surface area contributed by atoms with Crippen molar-refractivity contribution in [1.29, 1.82) is 0 Å². The van der Waals surface area contributed by atoms with Crippen LogP contribution in [0.4, 0.5) is 5.69 Å². The van der Waals surface area contributed by atoms with Crippen molar-refractivity contribution in [1.82, 2.24) is 14.9 Å². The van der Waals surface area contributed by atoms with Gasteiger partial charge in [0.25, 0.3) is 0 Å². The van der Waals surface area contributed by atoms with E-state index in [-0.39, 0.29) is 11.3 Å². The van der Waals surface area contributed by atoms with E-state index in [1.165, 1.54) is 18.5 Å². The molecule has 1 atom stereocenters. The molecule has 2 aliphatic heterocycles. The lowest BCUT2D eigenvalue weighted by atomic mass is 9.73. The van der Waals surface area contributed by atoms with E-state index >= 15 is 0 Å².